The van der Waals surface area contributed by atoms with Crippen LogP contribution in [0.2, 0.25) is 0 Å². The molecule has 0 aliphatic rings. The molecule has 2 aromatic rings. The monoisotopic (exact) mass is 385 g/mol. The van der Waals surface area contributed by atoms with Crippen LogP contribution in [-0.2, 0) is 5.75 Å². The first kappa shape index (κ1) is 19.9. The minimum atomic E-state index is -2.62. The lowest BCUT2D eigenvalue weighted by Crippen LogP contribution is -2.37. The van der Waals surface area contributed by atoms with Gasteiger partial charge >= 0.3 is 6.03 Å². The van der Waals surface area contributed by atoms with Gasteiger partial charge in [-0.05, 0) is 30.3 Å². The number of carbonyl (C=O) groups excluding carboxylic acids is 1. The van der Waals surface area contributed by atoms with Crippen molar-refractivity contribution in [1.82, 2.24) is 5.01 Å². The van der Waals surface area contributed by atoms with Gasteiger partial charge in [-0.1, -0.05) is 6.07 Å². The van der Waals surface area contributed by atoms with Crippen molar-refractivity contribution in [2.24, 2.45) is 5.84 Å². The van der Waals surface area contributed by atoms with Crippen LogP contribution in [0.1, 0.15) is 17.6 Å². The van der Waals surface area contributed by atoms with Crippen molar-refractivity contribution in [3.63, 3.8) is 0 Å². The second kappa shape index (κ2) is 8.81. The number of anilines is 1. The van der Waals surface area contributed by atoms with Gasteiger partial charge in [0.25, 0.3) is 6.43 Å². The summed E-state index contributed by atoms with van der Waals surface area (Å²) in [4.78, 5) is 12.2. The Morgan fingerprint density at radius 2 is 2.08 bits per heavy atom. The number of nitrogens with zero attached hydrogens (tertiary/aromatic N) is 1. The molecule has 2 aromatic carbocycles. The summed E-state index contributed by atoms with van der Waals surface area (Å²) in [7, 11) is 2.77. The molecule has 140 valence electrons. The smallest absolute Gasteiger partial charge is 0.335 e. The van der Waals surface area contributed by atoms with Gasteiger partial charge in [0.05, 0.1) is 12.0 Å². The molecule has 0 aliphatic heterocycles. The van der Waals surface area contributed by atoms with Gasteiger partial charge in [-0.25, -0.2) is 23.8 Å². The average Bonchev–Trinajstić information content (AvgIpc) is 2.60. The van der Waals surface area contributed by atoms with Gasteiger partial charge < -0.3 is 10.1 Å². The van der Waals surface area contributed by atoms with Gasteiger partial charge in [0, 0.05) is 29.6 Å². The third kappa shape index (κ3) is 4.83. The number of carbonyl (C=O) groups is 1. The lowest BCUT2D eigenvalue weighted by molar-refractivity contribution is 0.151. The number of urea groups is 1. The topological polar surface area (TPSA) is 67.6 Å². The van der Waals surface area contributed by atoms with E-state index in [-0.39, 0.29) is 22.6 Å². The molecule has 0 aromatic heterocycles. The maximum Gasteiger partial charge on any atom is 0.335 e. The van der Waals surface area contributed by atoms with Crippen molar-refractivity contribution in [3.05, 3.63) is 53.3 Å². The molecule has 26 heavy (non-hydrogen) atoms. The van der Waals surface area contributed by atoms with E-state index in [0.717, 1.165) is 16.8 Å². The Kier molecular flexibility index (Phi) is 6.76. The van der Waals surface area contributed by atoms with E-state index in [4.69, 9.17) is 10.6 Å². The first-order valence-electron chi connectivity index (χ1n) is 7.49. The van der Waals surface area contributed by atoms with Crippen LogP contribution >= 0.6 is 11.8 Å². The molecule has 0 unspecified atom stereocenters. The molecule has 0 aliphatic carbocycles. The summed E-state index contributed by atoms with van der Waals surface area (Å²) >= 11 is 1.13. The van der Waals surface area contributed by atoms with Crippen molar-refractivity contribution in [2.45, 2.75) is 17.1 Å². The van der Waals surface area contributed by atoms with Crippen LogP contribution in [0.3, 0.4) is 0 Å². The Bertz CT molecular complexity index is 788. The molecule has 0 heterocycles. The zero-order valence-electron chi connectivity index (χ0n) is 14.1. The van der Waals surface area contributed by atoms with Gasteiger partial charge in [-0.3, -0.25) is 5.01 Å². The van der Waals surface area contributed by atoms with Crippen molar-refractivity contribution in [1.29, 1.82) is 0 Å². The normalized spacial score (nSPS) is 10.7. The van der Waals surface area contributed by atoms with E-state index in [1.165, 1.54) is 50.6 Å². The van der Waals surface area contributed by atoms with E-state index >= 15 is 0 Å². The van der Waals surface area contributed by atoms with E-state index in [1.807, 2.05) is 0 Å². The molecule has 0 atom stereocenters. The van der Waals surface area contributed by atoms with Crippen molar-refractivity contribution < 1.29 is 22.7 Å². The number of hydrazine groups is 1. The molecule has 0 fully saturated rings. The number of nitrogens with one attached hydrogen (secondary N) is 1. The van der Waals surface area contributed by atoms with Crippen molar-refractivity contribution in [3.8, 4) is 5.75 Å². The number of benzene rings is 2. The van der Waals surface area contributed by atoms with Gasteiger partial charge in [-0.2, -0.15) is 0 Å². The number of hydrogen-bond acceptors (Lipinski definition) is 4. The first-order chi connectivity index (χ1) is 12.3. The predicted octanol–water partition coefficient (Wildman–Crippen LogP) is 4.40. The molecule has 2 rings (SSSR count). The minimum absolute atomic E-state index is 0.0968. The Balaban J connectivity index is 2.27. The summed E-state index contributed by atoms with van der Waals surface area (Å²) in [6.07, 6.45) is -2.62. The van der Waals surface area contributed by atoms with E-state index in [2.05, 4.69) is 5.32 Å². The predicted molar refractivity (Wildman–Crippen MR) is 94.9 cm³/mol. The number of ether oxygens (including phenoxy) is 1. The summed E-state index contributed by atoms with van der Waals surface area (Å²) in [5.41, 5.74) is 0.320. The number of alkyl halides is 2. The SMILES string of the molecule is COc1ccc(C(F)F)cc1SCc1c(F)cccc1NC(=O)N(C)N. The highest BCUT2D eigenvalue weighted by Crippen LogP contribution is 2.36. The molecule has 0 bridgehead atoms. The van der Waals surface area contributed by atoms with E-state index in [0.29, 0.717) is 10.6 Å². The summed E-state index contributed by atoms with van der Waals surface area (Å²) < 4.78 is 45.2. The fraction of sp³-hybridized carbons (Fsp3) is 0.235. The second-order valence-corrected chi connectivity index (χ2v) is 6.32. The van der Waals surface area contributed by atoms with Crippen LogP contribution in [-0.4, -0.2) is 25.2 Å². The largest absolute Gasteiger partial charge is 0.496 e. The first-order valence-corrected chi connectivity index (χ1v) is 8.47. The van der Waals surface area contributed by atoms with Gasteiger partial charge in [0.1, 0.15) is 11.6 Å². The molecule has 0 radical (unpaired) electrons. The molecule has 2 amide bonds. The van der Waals surface area contributed by atoms with Crippen LogP contribution in [0.25, 0.3) is 0 Å². The van der Waals surface area contributed by atoms with E-state index in [9.17, 15) is 18.0 Å². The highest BCUT2D eigenvalue weighted by atomic mass is 32.2. The lowest BCUT2D eigenvalue weighted by atomic mass is 10.2. The number of hydrogen-bond donors (Lipinski definition) is 2. The summed E-state index contributed by atoms with van der Waals surface area (Å²) in [5, 5.41) is 3.33. The second-order valence-electron chi connectivity index (χ2n) is 5.31. The number of amides is 2. The summed E-state index contributed by atoms with van der Waals surface area (Å²) in [6, 6.07) is 7.65. The fourth-order valence-electron chi connectivity index (χ4n) is 2.12. The highest BCUT2D eigenvalue weighted by Gasteiger charge is 2.16. The number of halogens is 3. The maximum absolute atomic E-state index is 14.2. The van der Waals surface area contributed by atoms with Gasteiger partial charge in [0.15, 0.2) is 0 Å². The van der Waals surface area contributed by atoms with Crippen LogP contribution in [0, 0.1) is 5.82 Å². The number of methoxy groups -OCH3 is 1. The summed E-state index contributed by atoms with van der Waals surface area (Å²) in [6.45, 7) is 0. The Morgan fingerprint density at radius 3 is 2.69 bits per heavy atom. The van der Waals surface area contributed by atoms with Gasteiger partial charge in [0.2, 0.25) is 0 Å². The molecular weight excluding hydrogens is 367 g/mol. The fourth-order valence-corrected chi connectivity index (χ4v) is 3.22. The molecule has 3 N–H and O–H groups in total. The zero-order valence-corrected chi connectivity index (χ0v) is 14.9. The lowest BCUT2D eigenvalue weighted by Gasteiger charge is -2.16. The molecule has 0 saturated carbocycles. The van der Waals surface area contributed by atoms with Crippen LogP contribution in [0.4, 0.5) is 23.7 Å². The molecule has 0 spiro atoms. The molecule has 9 heteroatoms. The third-order valence-electron chi connectivity index (χ3n) is 3.49. The van der Waals surface area contributed by atoms with Crippen LogP contribution in [0.15, 0.2) is 41.3 Å². The van der Waals surface area contributed by atoms with Crippen LogP contribution < -0.4 is 15.9 Å². The average molecular weight is 385 g/mol. The van der Waals surface area contributed by atoms with Crippen LogP contribution in [0.5, 0.6) is 5.75 Å². The maximum atomic E-state index is 14.2. The van der Waals surface area contributed by atoms with E-state index in [1.54, 1.807) is 0 Å². The molecule has 5 nitrogen and oxygen atoms in total. The Hall–Kier alpha value is -2.39. The third-order valence-corrected chi connectivity index (χ3v) is 4.56. The Labute approximate surface area is 153 Å². The standard InChI is InChI=1S/C17H18F3N3O2S/c1-23(21)17(24)22-13-5-3-4-12(18)11(13)9-26-15-8-10(16(19)20)6-7-14(15)25-2/h3-8,16H,9,21H2,1-2H3,(H,22,24). The zero-order chi connectivity index (χ0) is 19.3. The van der Waals surface area contributed by atoms with Crippen molar-refractivity contribution >= 4 is 23.5 Å². The quantitative estimate of drug-likeness (QED) is 0.335. The Morgan fingerprint density at radius 1 is 1.35 bits per heavy atom. The number of nitrogens with two attached hydrogens (primary N) is 1. The molecular formula is C17H18F3N3O2S. The number of thioether (sulfide) groups is 1. The van der Waals surface area contributed by atoms with E-state index < -0.39 is 18.3 Å². The minimum Gasteiger partial charge on any atom is -0.496 e. The number of rotatable bonds is 6. The van der Waals surface area contributed by atoms with Crippen molar-refractivity contribution in [2.75, 3.05) is 19.5 Å². The molecule has 0 saturated heterocycles. The van der Waals surface area contributed by atoms with Gasteiger partial charge in [-0.15, -0.1) is 11.8 Å². The summed E-state index contributed by atoms with van der Waals surface area (Å²) in [5.74, 6) is 5.33. The highest BCUT2D eigenvalue weighted by molar-refractivity contribution is 7.98.